The third-order valence-electron chi connectivity index (χ3n) is 6.11. The van der Waals surface area contributed by atoms with Gasteiger partial charge in [-0.05, 0) is 68.0 Å². The fraction of sp³-hybridized carbons (Fsp3) is 0.310. The lowest BCUT2D eigenvalue weighted by Gasteiger charge is -2.13. The van der Waals surface area contributed by atoms with E-state index in [1.165, 1.54) is 17.4 Å². The first-order valence-electron chi connectivity index (χ1n) is 12.5. The standard InChI is InChI=1S/C29H28N2O6S/c1-3-35-25(32)17-37-23-14-13-18-9-5-6-10-20(18)22(23)15-19(16-30)27(33)31-28-26(29(34)36-4-2)21-11-7-8-12-24(21)38-28/h5-6,9-10,13-15H,3-4,7-8,11-12,17H2,1-2H3,(H,31,33)/b19-15+. The number of thiophene rings is 1. The van der Waals surface area contributed by atoms with Gasteiger partial charge in [-0.1, -0.05) is 30.3 Å². The number of nitrogens with zero attached hydrogens (tertiary/aromatic N) is 1. The van der Waals surface area contributed by atoms with Crippen molar-refractivity contribution in [2.75, 3.05) is 25.1 Å². The number of fused-ring (bicyclic) bond motifs is 2. The van der Waals surface area contributed by atoms with Gasteiger partial charge in [0.1, 0.15) is 22.4 Å². The molecule has 0 atom stereocenters. The Bertz CT molecular complexity index is 1450. The maximum absolute atomic E-state index is 13.3. The molecule has 0 radical (unpaired) electrons. The molecule has 0 bridgehead atoms. The molecule has 0 saturated carbocycles. The molecule has 0 unspecified atom stereocenters. The van der Waals surface area contributed by atoms with E-state index in [4.69, 9.17) is 14.2 Å². The second-order valence-corrected chi connectivity index (χ2v) is 9.66. The van der Waals surface area contributed by atoms with Crippen molar-refractivity contribution in [3.63, 3.8) is 0 Å². The number of amides is 1. The Hall–Kier alpha value is -4.16. The largest absolute Gasteiger partial charge is 0.481 e. The molecule has 0 fully saturated rings. The van der Waals surface area contributed by atoms with Crippen molar-refractivity contribution in [3.05, 3.63) is 63.5 Å². The summed E-state index contributed by atoms with van der Waals surface area (Å²) in [5.74, 6) is -1.33. The van der Waals surface area contributed by atoms with Crippen molar-refractivity contribution in [1.82, 2.24) is 0 Å². The second-order valence-electron chi connectivity index (χ2n) is 8.55. The third kappa shape index (κ3) is 5.87. The number of rotatable bonds is 9. The summed E-state index contributed by atoms with van der Waals surface area (Å²) in [6, 6.07) is 13.0. The summed E-state index contributed by atoms with van der Waals surface area (Å²) >= 11 is 1.35. The lowest BCUT2D eigenvalue weighted by molar-refractivity contribution is -0.145. The molecule has 1 amide bonds. The molecular formula is C29H28N2O6S. The van der Waals surface area contributed by atoms with Crippen LogP contribution >= 0.6 is 11.3 Å². The molecular weight excluding hydrogens is 504 g/mol. The Kier molecular flexibility index (Phi) is 8.77. The topological polar surface area (TPSA) is 115 Å². The van der Waals surface area contributed by atoms with E-state index in [2.05, 4.69) is 5.32 Å². The molecule has 2 aromatic carbocycles. The maximum Gasteiger partial charge on any atom is 0.344 e. The van der Waals surface area contributed by atoms with Crippen molar-refractivity contribution in [2.24, 2.45) is 0 Å². The zero-order valence-corrected chi connectivity index (χ0v) is 22.1. The number of carbonyl (C=O) groups excluding carboxylic acids is 3. The van der Waals surface area contributed by atoms with E-state index >= 15 is 0 Å². The van der Waals surface area contributed by atoms with Gasteiger partial charge in [-0.25, -0.2) is 9.59 Å². The van der Waals surface area contributed by atoms with Crippen LogP contribution in [0.2, 0.25) is 0 Å². The van der Waals surface area contributed by atoms with E-state index < -0.39 is 17.8 Å². The second kappa shape index (κ2) is 12.4. The van der Waals surface area contributed by atoms with Crippen LogP contribution in [0.15, 0.2) is 42.0 Å². The van der Waals surface area contributed by atoms with E-state index in [0.29, 0.717) is 21.9 Å². The number of aryl methyl sites for hydroxylation is 1. The van der Waals surface area contributed by atoms with Gasteiger partial charge in [-0.2, -0.15) is 5.26 Å². The van der Waals surface area contributed by atoms with Gasteiger partial charge in [0.2, 0.25) is 0 Å². The molecule has 3 aromatic rings. The minimum Gasteiger partial charge on any atom is -0.481 e. The summed E-state index contributed by atoms with van der Waals surface area (Å²) in [7, 11) is 0. The predicted molar refractivity (Wildman–Crippen MR) is 145 cm³/mol. The molecule has 1 N–H and O–H groups in total. The summed E-state index contributed by atoms with van der Waals surface area (Å²) in [5.41, 5.74) is 1.60. The first kappa shape index (κ1) is 26.9. The lowest BCUT2D eigenvalue weighted by atomic mass is 9.95. The predicted octanol–water partition coefficient (Wildman–Crippen LogP) is 5.44. The zero-order chi connectivity index (χ0) is 27.1. The fourth-order valence-corrected chi connectivity index (χ4v) is 5.70. The van der Waals surface area contributed by atoms with Crippen LogP contribution in [0, 0.1) is 11.3 Å². The molecule has 38 heavy (non-hydrogen) atoms. The van der Waals surface area contributed by atoms with Gasteiger partial charge < -0.3 is 19.5 Å². The smallest absolute Gasteiger partial charge is 0.344 e. The van der Waals surface area contributed by atoms with Gasteiger partial charge in [0.05, 0.1) is 18.8 Å². The van der Waals surface area contributed by atoms with Gasteiger partial charge in [0, 0.05) is 10.4 Å². The Morgan fingerprint density at radius 1 is 1.05 bits per heavy atom. The van der Waals surface area contributed by atoms with E-state index in [0.717, 1.165) is 46.9 Å². The Morgan fingerprint density at radius 2 is 1.82 bits per heavy atom. The Labute approximate surface area is 224 Å². The highest BCUT2D eigenvalue weighted by Gasteiger charge is 2.28. The molecule has 1 aliphatic rings. The number of nitrogens with one attached hydrogen (secondary N) is 1. The molecule has 9 heteroatoms. The quantitative estimate of drug-likeness (QED) is 0.222. The van der Waals surface area contributed by atoms with Crippen LogP contribution in [0.4, 0.5) is 5.00 Å². The highest BCUT2D eigenvalue weighted by Crippen LogP contribution is 2.39. The first-order valence-corrected chi connectivity index (χ1v) is 13.3. The number of esters is 2. The van der Waals surface area contributed by atoms with Gasteiger partial charge in [0.15, 0.2) is 6.61 Å². The molecule has 1 heterocycles. The number of anilines is 1. The summed E-state index contributed by atoms with van der Waals surface area (Å²) in [6.45, 7) is 3.57. The van der Waals surface area contributed by atoms with Gasteiger partial charge >= 0.3 is 11.9 Å². The number of benzene rings is 2. The maximum atomic E-state index is 13.3. The number of hydrogen-bond donors (Lipinski definition) is 1. The van der Waals surface area contributed by atoms with Crippen molar-refractivity contribution >= 4 is 51.0 Å². The average molecular weight is 533 g/mol. The van der Waals surface area contributed by atoms with E-state index in [9.17, 15) is 19.6 Å². The number of carbonyl (C=O) groups is 3. The molecule has 0 saturated heterocycles. The van der Waals surface area contributed by atoms with Crippen molar-refractivity contribution in [1.29, 1.82) is 5.26 Å². The van der Waals surface area contributed by atoms with Crippen molar-refractivity contribution in [2.45, 2.75) is 39.5 Å². The van der Waals surface area contributed by atoms with Crippen LogP contribution in [0.1, 0.15) is 53.1 Å². The molecule has 196 valence electrons. The van der Waals surface area contributed by atoms with Crippen LogP contribution in [0.5, 0.6) is 5.75 Å². The van der Waals surface area contributed by atoms with Crippen molar-refractivity contribution < 1.29 is 28.6 Å². The summed E-state index contributed by atoms with van der Waals surface area (Å²) in [5, 5.41) is 14.7. The molecule has 1 aliphatic carbocycles. The monoisotopic (exact) mass is 532 g/mol. The van der Waals surface area contributed by atoms with Gasteiger partial charge in [-0.3, -0.25) is 4.79 Å². The highest BCUT2D eigenvalue weighted by atomic mass is 32.1. The Balaban J connectivity index is 1.70. The SMILES string of the molecule is CCOC(=O)COc1ccc2ccccc2c1/C=C(\C#N)C(=O)Nc1sc2c(c1C(=O)OCC)CCCC2. The number of ether oxygens (including phenoxy) is 3. The minimum atomic E-state index is -0.652. The molecule has 0 spiro atoms. The summed E-state index contributed by atoms with van der Waals surface area (Å²) < 4.78 is 15.9. The number of nitriles is 1. The van der Waals surface area contributed by atoms with Crippen LogP contribution in [-0.4, -0.2) is 37.7 Å². The van der Waals surface area contributed by atoms with E-state index in [1.807, 2.05) is 36.4 Å². The van der Waals surface area contributed by atoms with Crippen LogP contribution < -0.4 is 10.1 Å². The van der Waals surface area contributed by atoms with Crippen LogP contribution in [0.3, 0.4) is 0 Å². The average Bonchev–Trinajstić information content (AvgIpc) is 3.28. The molecule has 8 nitrogen and oxygen atoms in total. The normalized spacial score (nSPS) is 12.8. The summed E-state index contributed by atoms with van der Waals surface area (Å²) in [6.07, 6.45) is 4.99. The third-order valence-corrected chi connectivity index (χ3v) is 7.32. The van der Waals surface area contributed by atoms with E-state index in [-0.39, 0.29) is 25.4 Å². The molecule has 4 rings (SSSR count). The fourth-order valence-electron chi connectivity index (χ4n) is 4.43. The zero-order valence-electron chi connectivity index (χ0n) is 21.3. The highest BCUT2D eigenvalue weighted by molar-refractivity contribution is 7.17. The molecule has 1 aromatic heterocycles. The Morgan fingerprint density at radius 3 is 2.58 bits per heavy atom. The number of hydrogen-bond acceptors (Lipinski definition) is 8. The van der Waals surface area contributed by atoms with Crippen molar-refractivity contribution in [3.8, 4) is 11.8 Å². The minimum absolute atomic E-state index is 0.177. The summed E-state index contributed by atoms with van der Waals surface area (Å²) in [4.78, 5) is 39.0. The van der Waals surface area contributed by atoms with Gasteiger partial charge in [0.25, 0.3) is 5.91 Å². The molecule has 0 aliphatic heterocycles. The lowest BCUT2D eigenvalue weighted by Crippen LogP contribution is -2.17. The van der Waals surface area contributed by atoms with Gasteiger partial charge in [-0.15, -0.1) is 11.3 Å². The van der Waals surface area contributed by atoms with Crippen LogP contribution in [-0.2, 0) is 31.9 Å². The van der Waals surface area contributed by atoms with Crippen LogP contribution in [0.25, 0.3) is 16.8 Å². The first-order chi connectivity index (χ1) is 18.5. The van der Waals surface area contributed by atoms with E-state index in [1.54, 1.807) is 19.9 Å².